The smallest absolute Gasteiger partial charge is 0.355 e. The van der Waals surface area contributed by atoms with Crippen molar-refractivity contribution in [2.24, 2.45) is 0 Å². The van der Waals surface area contributed by atoms with Crippen LogP contribution in [0.4, 0.5) is 11.4 Å². The monoisotopic (exact) mass is 433 g/mol. The lowest BCUT2D eigenvalue weighted by Crippen LogP contribution is -2.30. The van der Waals surface area contributed by atoms with E-state index in [1.807, 2.05) is 0 Å². The highest BCUT2D eigenvalue weighted by atomic mass is 16.6. The van der Waals surface area contributed by atoms with Crippen molar-refractivity contribution in [1.29, 1.82) is 0 Å². The number of esters is 2. The van der Waals surface area contributed by atoms with E-state index in [9.17, 15) is 24.5 Å². The lowest BCUT2D eigenvalue weighted by atomic mass is 10.1. The van der Waals surface area contributed by atoms with Gasteiger partial charge in [0, 0.05) is 17.8 Å². The van der Waals surface area contributed by atoms with Gasteiger partial charge in [-0.1, -0.05) is 6.92 Å². The van der Waals surface area contributed by atoms with Crippen molar-refractivity contribution in [2.45, 2.75) is 33.3 Å². The average molecular weight is 433 g/mol. The second-order valence-electron chi connectivity index (χ2n) is 6.50. The first-order chi connectivity index (χ1) is 14.6. The Morgan fingerprint density at radius 2 is 1.90 bits per heavy atom. The summed E-state index contributed by atoms with van der Waals surface area (Å²) in [5.74, 6) is -1.95. The molecular weight excluding hydrogens is 410 g/mol. The fourth-order valence-corrected chi connectivity index (χ4v) is 2.92. The van der Waals surface area contributed by atoms with Crippen LogP contribution in [-0.2, 0) is 20.7 Å². The number of amides is 1. The molecule has 166 valence electrons. The molecule has 0 fully saturated rings. The van der Waals surface area contributed by atoms with E-state index in [1.165, 1.54) is 33.3 Å². The van der Waals surface area contributed by atoms with Crippen molar-refractivity contribution in [3.63, 3.8) is 0 Å². The molecule has 1 atom stereocenters. The maximum Gasteiger partial charge on any atom is 0.355 e. The molecule has 0 spiro atoms. The number of hydrogen-bond donors (Lipinski definition) is 2. The molecule has 0 bridgehead atoms. The molecule has 11 heteroatoms. The van der Waals surface area contributed by atoms with Gasteiger partial charge < -0.3 is 24.5 Å². The van der Waals surface area contributed by atoms with E-state index < -0.39 is 28.9 Å². The van der Waals surface area contributed by atoms with Crippen molar-refractivity contribution in [2.75, 3.05) is 19.5 Å². The number of benzene rings is 1. The number of hydrogen-bond acceptors (Lipinski definition) is 8. The van der Waals surface area contributed by atoms with Crippen LogP contribution in [0.1, 0.15) is 46.0 Å². The van der Waals surface area contributed by atoms with E-state index in [1.54, 1.807) is 13.8 Å². The minimum absolute atomic E-state index is 0.0322. The summed E-state index contributed by atoms with van der Waals surface area (Å²) in [6.07, 6.45) is -0.799. The van der Waals surface area contributed by atoms with Crippen LogP contribution in [0.3, 0.4) is 0 Å². The molecule has 1 aromatic carbocycles. The summed E-state index contributed by atoms with van der Waals surface area (Å²) in [7, 11) is 2.58. The second kappa shape index (κ2) is 9.74. The zero-order valence-corrected chi connectivity index (χ0v) is 17.7. The summed E-state index contributed by atoms with van der Waals surface area (Å²) in [6, 6.07) is 3.71. The Balaban J connectivity index is 2.20. The number of non-ortho nitro benzene ring substituents is 1. The molecule has 1 aromatic heterocycles. The van der Waals surface area contributed by atoms with E-state index in [-0.39, 0.29) is 28.4 Å². The number of carbonyl (C=O) groups excluding carboxylic acids is 3. The summed E-state index contributed by atoms with van der Waals surface area (Å²) >= 11 is 0. The molecule has 0 saturated carbocycles. The first-order valence-corrected chi connectivity index (χ1v) is 9.28. The largest absolute Gasteiger partial charge is 0.495 e. The second-order valence-corrected chi connectivity index (χ2v) is 6.50. The SMILES string of the molecule is CCc1[nH]c(C(=O)OC(C)C(=O)Nc2cc([N+](=O)[O-])ccc2OC)c(C)c1C(=O)OC. The van der Waals surface area contributed by atoms with Crippen LogP contribution >= 0.6 is 0 Å². The molecule has 1 amide bonds. The van der Waals surface area contributed by atoms with Gasteiger partial charge in [-0.2, -0.15) is 0 Å². The number of ether oxygens (including phenoxy) is 3. The maximum atomic E-state index is 12.6. The third-order valence-electron chi connectivity index (χ3n) is 4.58. The van der Waals surface area contributed by atoms with Crippen LogP contribution in [0.2, 0.25) is 0 Å². The van der Waals surface area contributed by atoms with E-state index in [0.717, 1.165) is 6.07 Å². The molecule has 1 heterocycles. The predicted octanol–water partition coefficient (Wildman–Crippen LogP) is 2.77. The van der Waals surface area contributed by atoms with Crippen molar-refractivity contribution >= 4 is 29.2 Å². The van der Waals surface area contributed by atoms with Gasteiger partial charge in [0.05, 0.1) is 30.4 Å². The predicted molar refractivity (Wildman–Crippen MR) is 109 cm³/mol. The average Bonchev–Trinajstić information content (AvgIpc) is 3.09. The molecule has 0 aliphatic heterocycles. The highest BCUT2D eigenvalue weighted by molar-refractivity contribution is 6.01. The van der Waals surface area contributed by atoms with Crippen molar-refractivity contribution in [3.05, 3.63) is 50.8 Å². The van der Waals surface area contributed by atoms with Crippen LogP contribution in [0, 0.1) is 17.0 Å². The Morgan fingerprint density at radius 3 is 2.45 bits per heavy atom. The number of rotatable bonds is 8. The molecule has 0 aliphatic carbocycles. The van der Waals surface area contributed by atoms with Gasteiger partial charge in [0.1, 0.15) is 11.4 Å². The summed E-state index contributed by atoms with van der Waals surface area (Å²) in [6.45, 7) is 4.71. The summed E-state index contributed by atoms with van der Waals surface area (Å²) < 4.78 is 15.1. The minimum Gasteiger partial charge on any atom is -0.495 e. The highest BCUT2D eigenvalue weighted by Crippen LogP contribution is 2.29. The Kier molecular flexibility index (Phi) is 7.35. The summed E-state index contributed by atoms with van der Waals surface area (Å²) in [5, 5.41) is 13.4. The van der Waals surface area contributed by atoms with E-state index in [2.05, 4.69) is 10.3 Å². The van der Waals surface area contributed by atoms with Gasteiger partial charge in [0.15, 0.2) is 6.10 Å². The number of aromatic nitrogens is 1. The molecule has 1 unspecified atom stereocenters. The number of aromatic amines is 1. The highest BCUT2D eigenvalue weighted by Gasteiger charge is 2.27. The zero-order valence-electron chi connectivity index (χ0n) is 17.7. The van der Waals surface area contributed by atoms with Gasteiger partial charge in [-0.25, -0.2) is 9.59 Å². The Hall–Kier alpha value is -3.89. The third kappa shape index (κ3) is 5.00. The number of H-pyrrole nitrogens is 1. The van der Waals surface area contributed by atoms with Gasteiger partial charge in [-0.15, -0.1) is 0 Å². The number of nitro groups is 1. The molecule has 0 radical (unpaired) electrons. The quantitative estimate of drug-likeness (QED) is 0.366. The third-order valence-corrected chi connectivity index (χ3v) is 4.58. The first kappa shape index (κ1) is 23.4. The Bertz CT molecular complexity index is 1030. The van der Waals surface area contributed by atoms with Gasteiger partial charge in [-0.3, -0.25) is 14.9 Å². The Labute approximate surface area is 177 Å². The molecule has 0 saturated heterocycles. The van der Waals surface area contributed by atoms with Gasteiger partial charge in [-0.05, 0) is 31.9 Å². The van der Waals surface area contributed by atoms with Crippen molar-refractivity contribution < 1.29 is 33.5 Å². The van der Waals surface area contributed by atoms with Crippen LogP contribution in [-0.4, -0.2) is 48.1 Å². The standard InChI is InChI=1S/C20H23N3O8/c1-6-13-16(19(25)30-5)10(2)17(21-13)20(26)31-11(3)18(24)22-14-9-12(23(27)28)7-8-15(14)29-4/h7-9,11,21H,6H2,1-5H3,(H,22,24). The molecule has 0 aliphatic rings. The zero-order chi connectivity index (χ0) is 23.3. The maximum absolute atomic E-state index is 12.6. The number of anilines is 1. The Morgan fingerprint density at radius 1 is 1.23 bits per heavy atom. The molecule has 2 N–H and O–H groups in total. The molecule has 11 nitrogen and oxygen atoms in total. The number of nitrogens with zero attached hydrogens (tertiary/aromatic N) is 1. The molecule has 2 rings (SSSR count). The van der Waals surface area contributed by atoms with Gasteiger partial charge in [0.25, 0.3) is 11.6 Å². The van der Waals surface area contributed by atoms with E-state index in [0.29, 0.717) is 17.7 Å². The number of nitrogens with one attached hydrogen (secondary N) is 2. The summed E-state index contributed by atoms with van der Waals surface area (Å²) in [4.78, 5) is 50.3. The lowest BCUT2D eigenvalue weighted by molar-refractivity contribution is -0.384. The summed E-state index contributed by atoms with van der Waals surface area (Å²) in [5.41, 5.74) is 0.948. The van der Waals surface area contributed by atoms with E-state index in [4.69, 9.17) is 14.2 Å². The van der Waals surface area contributed by atoms with E-state index >= 15 is 0 Å². The van der Waals surface area contributed by atoms with Crippen LogP contribution in [0.5, 0.6) is 5.75 Å². The van der Waals surface area contributed by atoms with Crippen LogP contribution in [0.25, 0.3) is 0 Å². The normalized spacial score (nSPS) is 11.4. The van der Waals surface area contributed by atoms with Crippen molar-refractivity contribution in [3.8, 4) is 5.75 Å². The van der Waals surface area contributed by atoms with Gasteiger partial charge >= 0.3 is 11.9 Å². The molecule has 31 heavy (non-hydrogen) atoms. The topological polar surface area (TPSA) is 150 Å². The molecular formula is C20H23N3O8. The number of carbonyl (C=O) groups is 3. The van der Waals surface area contributed by atoms with Gasteiger partial charge in [0.2, 0.25) is 0 Å². The lowest BCUT2D eigenvalue weighted by Gasteiger charge is -2.15. The fraction of sp³-hybridized carbons (Fsp3) is 0.350. The van der Waals surface area contributed by atoms with Crippen LogP contribution < -0.4 is 10.1 Å². The van der Waals surface area contributed by atoms with Crippen LogP contribution in [0.15, 0.2) is 18.2 Å². The fourth-order valence-electron chi connectivity index (χ4n) is 2.92. The first-order valence-electron chi connectivity index (χ1n) is 9.28. The number of methoxy groups -OCH3 is 2. The number of nitro benzene ring substituents is 1. The molecule has 2 aromatic rings. The minimum atomic E-state index is -1.24. The number of aryl methyl sites for hydroxylation is 1. The van der Waals surface area contributed by atoms with Crippen molar-refractivity contribution in [1.82, 2.24) is 4.98 Å².